The molecule has 1 fully saturated rings. The molecular weight excluding hydrogens is 238 g/mol. The maximum atomic E-state index is 12.4. The van der Waals surface area contributed by atoms with Gasteiger partial charge in [-0.2, -0.15) is 0 Å². The summed E-state index contributed by atoms with van der Waals surface area (Å²) in [6, 6.07) is 8.07. The van der Waals surface area contributed by atoms with E-state index in [2.05, 4.69) is 32.2 Å². The predicted octanol–water partition coefficient (Wildman–Crippen LogP) is 3.53. The van der Waals surface area contributed by atoms with Gasteiger partial charge in [0.05, 0.1) is 7.11 Å². The number of hydrogen-bond acceptors (Lipinski definition) is 3. The maximum absolute atomic E-state index is 12.4. The lowest BCUT2D eigenvalue weighted by Gasteiger charge is -2.40. The third-order valence-corrected chi connectivity index (χ3v) is 4.54. The molecule has 0 amide bonds. The Balaban J connectivity index is 2.41. The van der Waals surface area contributed by atoms with Crippen molar-refractivity contribution in [2.75, 3.05) is 12.4 Å². The molecule has 3 heteroatoms. The Hall–Kier alpha value is -1.51. The van der Waals surface area contributed by atoms with Gasteiger partial charge in [-0.1, -0.05) is 32.0 Å². The van der Waals surface area contributed by atoms with Crippen molar-refractivity contribution < 1.29 is 9.53 Å². The van der Waals surface area contributed by atoms with Crippen LogP contribution in [0.1, 0.15) is 38.7 Å². The van der Waals surface area contributed by atoms with Crippen molar-refractivity contribution in [2.45, 2.75) is 45.6 Å². The average molecular weight is 261 g/mol. The normalized spacial score (nSPS) is 25.1. The number of esters is 1. The van der Waals surface area contributed by atoms with Gasteiger partial charge >= 0.3 is 5.97 Å². The van der Waals surface area contributed by atoms with Crippen LogP contribution < -0.4 is 5.32 Å². The number of carbonyl (C=O) groups excluding carboxylic acids is 1. The van der Waals surface area contributed by atoms with E-state index in [1.165, 1.54) is 7.11 Å². The SMILES string of the molecule is COC(=O)C1(Nc2ccccc2C)CCCC1(C)C. The van der Waals surface area contributed by atoms with E-state index in [1.807, 2.05) is 18.2 Å². The number of aryl methyl sites for hydroxylation is 1. The number of methoxy groups -OCH3 is 1. The Morgan fingerprint density at radius 2 is 1.95 bits per heavy atom. The first-order valence-electron chi connectivity index (χ1n) is 6.85. The van der Waals surface area contributed by atoms with E-state index < -0.39 is 5.54 Å². The second-order valence-corrected chi connectivity index (χ2v) is 6.07. The van der Waals surface area contributed by atoms with Crippen LogP contribution in [0, 0.1) is 12.3 Å². The fourth-order valence-corrected chi connectivity index (χ4v) is 3.13. The highest BCUT2D eigenvalue weighted by atomic mass is 16.5. The molecule has 1 aliphatic rings. The Morgan fingerprint density at radius 3 is 2.47 bits per heavy atom. The van der Waals surface area contributed by atoms with Crippen LogP contribution in [0.5, 0.6) is 0 Å². The van der Waals surface area contributed by atoms with Gasteiger partial charge in [-0.15, -0.1) is 0 Å². The Bertz CT molecular complexity index is 481. The minimum atomic E-state index is -0.617. The van der Waals surface area contributed by atoms with E-state index in [-0.39, 0.29) is 11.4 Å². The van der Waals surface area contributed by atoms with Gasteiger partial charge in [0.15, 0.2) is 0 Å². The summed E-state index contributed by atoms with van der Waals surface area (Å²) >= 11 is 0. The van der Waals surface area contributed by atoms with Crippen LogP contribution in [0.3, 0.4) is 0 Å². The van der Waals surface area contributed by atoms with Gasteiger partial charge in [-0.05, 0) is 43.2 Å². The monoisotopic (exact) mass is 261 g/mol. The minimum absolute atomic E-state index is 0.109. The molecule has 2 rings (SSSR count). The van der Waals surface area contributed by atoms with Crippen molar-refractivity contribution in [3.8, 4) is 0 Å². The zero-order chi connectivity index (χ0) is 14.1. The molecule has 1 aromatic rings. The first kappa shape index (κ1) is 13.9. The summed E-state index contributed by atoms with van der Waals surface area (Å²) in [5.41, 5.74) is 1.44. The smallest absolute Gasteiger partial charge is 0.332 e. The molecule has 1 aliphatic carbocycles. The summed E-state index contributed by atoms with van der Waals surface area (Å²) in [7, 11) is 1.47. The lowest BCUT2D eigenvalue weighted by molar-refractivity contribution is -0.149. The summed E-state index contributed by atoms with van der Waals surface area (Å²) in [5.74, 6) is -0.154. The summed E-state index contributed by atoms with van der Waals surface area (Å²) in [5, 5.41) is 3.49. The topological polar surface area (TPSA) is 38.3 Å². The molecule has 3 nitrogen and oxygen atoms in total. The highest BCUT2D eigenvalue weighted by Crippen LogP contribution is 2.48. The van der Waals surface area contributed by atoms with Crippen molar-refractivity contribution in [1.82, 2.24) is 0 Å². The van der Waals surface area contributed by atoms with Crippen LogP contribution in [0.4, 0.5) is 5.69 Å². The molecule has 0 heterocycles. The summed E-state index contributed by atoms with van der Waals surface area (Å²) < 4.78 is 5.08. The predicted molar refractivity (Wildman–Crippen MR) is 77.2 cm³/mol. The summed E-state index contributed by atoms with van der Waals surface area (Å²) in [4.78, 5) is 12.4. The van der Waals surface area contributed by atoms with Crippen LogP contribution in [0.25, 0.3) is 0 Å². The van der Waals surface area contributed by atoms with E-state index in [9.17, 15) is 4.79 Å². The summed E-state index contributed by atoms with van der Waals surface area (Å²) in [6.45, 7) is 6.33. The zero-order valence-electron chi connectivity index (χ0n) is 12.2. The molecule has 0 spiro atoms. The highest BCUT2D eigenvalue weighted by molar-refractivity contribution is 5.86. The zero-order valence-corrected chi connectivity index (χ0v) is 12.2. The molecule has 1 aromatic carbocycles. The largest absolute Gasteiger partial charge is 0.467 e. The molecule has 1 saturated carbocycles. The van der Waals surface area contributed by atoms with E-state index >= 15 is 0 Å². The molecule has 0 radical (unpaired) electrons. The average Bonchev–Trinajstić information content (AvgIpc) is 2.67. The lowest BCUT2D eigenvalue weighted by Crippen LogP contribution is -2.54. The van der Waals surface area contributed by atoms with Gasteiger partial charge in [0, 0.05) is 5.69 Å². The van der Waals surface area contributed by atoms with E-state index in [0.717, 1.165) is 30.5 Å². The van der Waals surface area contributed by atoms with Gasteiger partial charge in [0.2, 0.25) is 0 Å². The second-order valence-electron chi connectivity index (χ2n) is 6.07. The first-order chi connectivity index (χ1) is 8.93. The number of ether oxygens (including phenoxy) is 1. The van der Waals surface area contributed by atoms with Gasteiger partial charge in [-0.3, -0.25) is 0 Å². The van der Waals surface area contributed by atoms with E-state index in [1.54, 1.807) is 0 Å². The Kier molecular flexibility index (Phi) is 3.57. The highest BCUT2D eigenvalue weighted by Gasteiger charge is 2.55. The molecule has 0 aromatic heterocycles. The molecule has 1 N–H and O–H groups in total. The van der Waals surface area contributed by atoms with Gasteiger partial charge in [0.1, 0.15) is 5.54 Å². The van der Waals surface area contributed by atoms with Crippen LogP contribution in [-0.4, -0.2) is 18.6 Å². The number of benzene rings is 1. The van der Waals surface area contributed by atoms with Crippen molar-refractivity contribution in [3.05, 3.63) is 29.8 Å². The number of rotatable bonds is 3. The number of hydrogen-bond donors (Lipinski definition) is 1. The molecular formula is C16H23NO2. The quantitative estimate of drug-likeness (QED) is 0.846. The van der Waals surface area contributed by atoms with Gasteiger partial charge < -0.3 is 10.1 Å². The van der Waals surface area contributed by atoms with Crippen LogP contribution in [-0.2, 0) is 9.53 Å². The summed E-state index contributed by atoms with van der Waals surface area (Å²) in [6.07, 6.45) is 2.89. The molecule has 1 atom stereocenters. The molecule has 19 heavy (non-hydrogen) atoms. The van der Waals surface area contributed by atoms with Gasteiger partial charge in [0.25, 0.3) is 0 Å². The van der Waals surface area contributed by atoms with Crippen LogP contribution >= 0.6 is 0 Å². The Morgan fingerprint density at radius 1 is 1.26 bits per heavy atom. The second kappa shape index (κ2) is 4.87. The van der Waals surface area contributed by atoms with E-state index in [4.69, 9.17) is 4.74 Å². The third kappa shape index (κ3) is 2.22. The standard InChI is InChI=1S/C16H23NO2/c1-12-8-5-6-9-13(12)17-16(14(18)19-4)11-7-10-15(16,2)3/h5-6,8-9,17H,7,10-11H2,1-4H3. The van der Waals surface area contributed by atoms with Crippen molar-refractivity contribution >= 4 is 11.7 Å². The van der Waals surface area contributed by atoms with Crippen molar-refractivity contribution in [1.29, 1.82) is 0 Å². The van der Waals surface area contributed by atoms with Crippen molar-refractivity contribution in [3.63, 3.8) is 0 Å². The van der Waals surface area contributed by atoms with E-state index in [0.29, 0.717) is 0 Å². The number of anilines is 1. The molecule has 1 unspecified atom stereocenters. The Labute approximate surface area is 115 Å². The number of carbonyl (C=O) groups is 1. The lowest BCUT2D eigenvalue weighted by atomic mass is 9.74. The number of para-hydroxylation sites is 1. The molecule has 104 valence electrons. The van der Waals surface area contributed by atoms with Crippen molar-refractivity contribution in [2.24, 2.45) is 5.41 Å². The molecule has 0 saturated heterocycles. The maximum Gasteiger partial charge on any atom is 0.332 e. The third-order valence-electron chi connectivity index (χ3n) is 4.54. The first-order valence-corrected chi connectivity index (χ1v) is 6.85. The number of nitrogens with one attached hydrogen (secondary N) is 1. The fraction of sp³-hybridized carbons (Fsp3) is 0.562. The van der Waals surface area contributed by atoms with Crippen LogP contribution in [0.15, 0.2) is 24.3 Å². The fourth-order valence-electron chi connectivity index (χ4n) is 3.13. The molecule has 0 bridgehead atoms. The van der Waals surface area contributed by atoms with Gasteiger partial charge in [-0.25, -0.2) is 4.79 Å². The van der Waals surface area contributed by atoms with Crippen LogP contribution in [0.2, 0.25) is 0 Å². The minimum Gasteiger partial charge on any atom is -0.467 e. The molecule has 0 aliphatic heterocycles.